The van der Waals surface area contributed by atoms with Crippen molar-refractivity contribution in [3.8, 4) is 0 Å². The largest absolute Gasteiger partial charge is 0.378 e. The van der Waals surface area contributed by atoms with Crippen LogP contribution in [0.2, 0.25) is 0 Å². The van der Waals surface area contributed by atoms with Crippen LogP contribution in [0.3, 0.4) is 0 Å². The number of piperazine rings is 1. The van der Waals surface area contributed by atoms with Crippen LogP contribution in [-0.4, -0.2) is 117 Å². The lowest BCUT2D eigenvalue weighted by Gasteiger charge is -2.38. The summed E-state index contributed by atoms with van der Waals surface area (Å²) < 4.78 is 34.1. The minimum atomic E-state index is -3.48. The maximum atomic E-state index is 14.0. The maximum absolute atomic E-state index is 14.0. The highest BCUT2D eigenvalue weighted by Gasteiger charge is 2.33. The molecule has 0 amide bonds. The van der Waals surface area contributed by atoms with E-state index in [4.69, 9.17) is 0 Å². The first-order valence-corrected chi connectivity index (χ1v) is 19.2. The van der Waals surface area contributed by atoms with Gasteiger partial charge in [-0.25, -0.2) is 4.31 Å². The van der Waals surface area contributed by atoms with Gasteiger partial charge in [-0.1, -0.05) is 25.3 Å². The molecule has 8 nitrogen and oxygen atoms in total. The average molecular weight is 633 g/mol. The summed E-state index contributed by atoms with van der Waals surface area (Å²) in [6.07, 6.45) is 15.6. The lowest BCUT2D eigenvalue weighted by molar-refractivity contribution is 0.183. The molecule has 1 aromatic carbocycles. The fourth-order valence-corrected chi connectivity index (χ4v) is 9.87. The van der Waals surface area contributed by atoms with E-state index in [-0.39, 0.29) is 0 Å². The smallest absolute Gasteiger partial charge is 0.282 e. The highest BCUT2D eigenvalue weighted by Crippen LogP contribution is 2.28. The van der Waals surface area contributed by atoms with Crippen molar-refractivity contribution in [3.05, 3.63) is 36.0 Å². The average Bonchev–Trinajstić information content (AvgIpc) is 3.55. The van der Waals surface area contributed by atoms with E-state index >= 15 is 0 Å². The molecule has 0 N–H and O–H groups in total. The topological polar surface area (TPSA) is 53.6 Å². The highest BCUT2D eigenvalue weighted by molar-refractivity contribution is 7.97. The summed E-state index contributed by atoms with van der Waals surface area (Å²) in [6, 6.07) is 8.79. The van der Waals surface area contributed by atoms with Gasteiger partial charge in [0, 0.05) is 89.3 Å². The van der Waals surface area contributed by atoms with E-state index in [0.29, 0.717) is 26.2 Å². The predicted octanol–water partition coefficient (Wildman–Crippen LogP) is 5.36. The number of allylic oxidation sites excluding steroid dienone is 2. The van der Waals surface area contributed by atoms with E-state index in [1.54, 1.807) is 4.31 Å². The van der Waals surface area contributed by atoms with E-state index in [9.17, 15) is 8.42 Å². The Bertz CT molecular complexity index is 1110. The SMILES string of the molecule is CN(C)c1ccc(SN2CCCN(CC3CCCCC3)CCCN(S(=O)(=O)N3CCN(C4=CCCC4)CC3)CCC2)cc1. The van der Waals surface area contributed by atoms with Crippen molar-refractivity contribution in [3.63, 3.8) is 0 Å². The van der Waals surface area contributed by atoms with Crippen LogP contribution < -0.4 is 4.90 Å². The van der Waals surface area contributed by atoms with Crippen LogP contribution in [0.4, 0.5) is 5.69 Å². The van der Waals surface area contributed by atoms with Gasteiger partial charge in [0.05, 0.1) is 0 Å². The molecule has 2 heterocycles. The van der Waals surface area contributed by atoms with Gasteiger partial charge in [0.2, 0.25) is 0 Å². The normalized spacial score (nSPS) is 24.0. The van der Waals surface area contributed by atoms with Gasteiger partial charge >= 0.3 is 0 Å². The van der Waals surface area contributed by atoms with E-state index in [1.165, 1.54) is 61.3 Å². The summed E-state index contributed by atoms with van der Waals surface area (Å²) in [5, 5.41) is 0. The van der Waals surface area contributed by atoms with Gasteiger partial charge in [-0.3, -0.25) is 0 Å². The second-order valence-corrected chi connectivity index (χ2v) is 16.3. The van der Waals surface area contributed by atoms with E-state index < -0.39 is 10.2 Å². The zero-order chi connectivity index (χ0) is 30.1. The Hall–Kier alpha value is -1.30. The number of hydrogen-bond donors (Lipinski definition) is 0. The van der Waals surface area contributed by atoms with Crippen LogP contribution >= 0.6 is 11.9 Å². The standard InChI is InChI=1S/C33H56N6O2S2/c1-34(2)31-15-17-33(18-16-31)42-37-21-8-19-35(29-30-11-4-3-5-12-30)20-9-23-38(24-10-22-37)43(40,41)39-27-25-36(26-28-39)32-13-6-7-14-32/h13,15-18,30H,3-12,14,19-29H2,1-2H3. The Kier molecular flexibility index (Phi) is 12.6. The molecule has 1 aromatic rings. The van der Waals surface area contributed by atoms with Gasteiger partial charge in [0.15, 0.2) is 0 Å². The lowest BCUT2D eigenvalue weighted by atomic mass is 9.89. The van der Waals surface area contributed by atoms with Crippen LogP contribution in [-0.2, 0) is 10.2 Å². The zero-order valence-electron chi connectivity index (χ0n) is 26.8. The molecule has 3 fully saturated rings. The van der Waals surface area contributed by atoms with Crippen molar-refractivity contribution >= 4 is 27.8 Å². The van der Waals surface area contributed by atoms with Crippen LogP contribution in [0.1, 0.15) is 70.6 Å². The summed E-state index contributed by atoms with van der Waals surface area (Å²) >= 11 is 1.83. The van der Waals surface area contributed by atoms with Gasteiger partial charge in [0.25, 0.3) is 10.2 Å². The summed E-state index contributed by atoms with van der Waals surface area (Å²) in [6.45, 7) is 9.18. The third kappa shape index (κ3) is 9.60. The molecule has 0 unspecified atom stereocenters. The molecule has 0 aromatic heterocycles. The van der Waals surface area contributed by atoms with Gasteiger partial charge in [-0.05, 0) is 107 Å². The van der Waals surface area contributed by atoms with E-state index in [2.05, 4.69) is 63.4 Å². The zero-order valence-corrected chi connectivity index (χ0v) is 28.5. The molecule has 2 aliphatic heterocycles. The summed E-state index contributed by atoms with van der Waals surface area (Å²) in [7, 11) is 0.665. The first-order valence-electron chi connectivity index (χ1n) is 17.0. The number of hydrogen-bond acceptors (Lipinski definition) is 7. The molecule has 2 saturated heterocycles. The Balaban J connectivity index is 1.24. The van der Waals surface area contributed by atoms with Crippen LogP contribution in [0.25, 0.3) is 0 Å². The van der Waals surface area contributed by atoms with Crippen molar-refractivity contribution < 1.29 is 8.42 Å². The first-order chi connectivity index (χ1) is 20.9. The van der Waals surface area contributed by atoms with Gasteiger partial charge < -0.3 is 14.7 Å². The molecule has 0 atom stereocenters. The number of nitrogens with zero attached hydrogens (tertiary/aromatic N) is 6. The predicted molar refractivity (Wildman–Crippen MR) is 181 cm³/mol. The van der Waals surface area contributed by atoms with Crippen LogP contribution in [0.15, 0.2) is 40.9 Å². The molecular weight excluding hydrogens is 577 g/mol. The number of benzene rings is 1. The maximum Gasteiger partial charge on any atom is 0.282 e. The first kappa shape index (κ1) is 33.1. The van der Waals surface area contributed by atoms with Gasteiger partial charge in [-0.2, -0.15) is 17.0 Å². The van der Waals surface area contributed by atoms with Crippen LogP contribution in [0, 0.1) is 5.92 Å². The van der Waals surface area contributed by atoms with Gasteiger partial charge in [-0.15, -0.1) is 0 Å². The molecular formula is C33H56N6O2S2. The quantitative estimate of drug-likeness (QED) is 0.358. The van der Waals surface area contributed by atoms with Gasteiger partial charge in [0.1, 0.15) is 0 Å². The van der Waals surface area contributed by atoms with Crippen molar-refractivity contribution in [1.82, 2.24) is 22.7 Å². The monoisotopic (exact) mass is 632 g/mol. The number of anilines is 1. The van der Waals surface area contributed by atoms with Crippen molar-refractivity contribution in [2.45, 2.75) is 75.5 Å². The molecule has 5 rings (SSSR count). The minimum absolute atomic E-state index is 0.590. The van der Waals surface area contributed by atoms with Crippen molar-refractivity contribution in [1.29, 1.82) is 0 Å². The number of rotatable bonds is 8. The summed E-state index contributed by atoms with van der Waals surface area (Å²) in [4.78, 5) is 8.45. The van der Waals surface area contributed by atoms with Crippen LogP contribution in [0.5, 0.6) is 0 Å². The molecule has 0 bridgehead atoms. The third-order valence-electron chi connectivity index (χ3n) is 9.72. The molecule has 10 heteroatoms. The molecule has 2 aliphatic carbocycles. The molecule has 43 heavy (non-hydrogen) atoms. The summed E-state index contributed by atoms with van der Waals surface area (Å²) in [5.74, 6) is 0.799. The Morgan fingerprint density at radius 2 is 1.37 bits per heavy atom. The second kappa shape index (κ2) is 16.3. The highest BCUT2D eigenvalue weighted by atomic mass is 32.2. The molecule has 242 valence electrons. The fraction of sp³-hybridized carbons (Fsp3) is 0.758. The van der Waals surface area contributed by atoms with Crippen molar-refractivity contribution in [2.75, 3.05) is 91.0 Å². The molecule has 0 radical (unpaired) electrons. The Morgan fingerprint density at radius 1 is 0.744 bits per heavy atom. The summed E-state index contributed by atoms with van der Waals surface area (Å²) in [5.41, 5.74) is 2.63. The molecule has 1 saturated carbocycles. The van der Waals surface area contributed by atoms with E-state index in [0.717, 1.165) is 77.3 Å². The minimum Gasteiger partial charge on any atom is -0.378 e. The second-order valence-electron chi connectivity index (χ2n) is 13.2. The molecule has 4 aliphatic rings. The fourth-order valence-electron chi connectivity index (χ4n) is 7.20. The Labute approximate surface area is 266 Å². The third-order valence-corrected chi connectivity index (χ3v) is 12.9. The van der Waals surface area contributed by atoms with E-state index in [1.807, 2.05) is 16.3 Å². The van der Waals surface area contributed by atoms with Crippen molar-refractivity contribution in [2.24, 2.45) is 5.92 Å². The lowest BCUT2D eigenvalue weighted by Crippen LogP contribution is -2.53. The Morgan fingerprint density at radius 3 is 2.00 bits per heavy atom. The molecule has 0 spiro atoms.